The van der Waals surface area contributed by atoms with Crippen LogP contribution in [0.25, 0.3) is 0 Å². The average molecular weight is 256 g/mol. The first-order chi connectivity index (χ1) is 8.08. The summed E-state index contributed by atoms with van der Waals surface area (Å²) in [6.07, 6.45) is 0.849. The molecular formula is C13H18ClNO2. The Hall–Kier alpha value is -1.06. The van der Waals surface area contributed by atoms with Crippen LogP contribution in [0.5, 0.6) is 0 Å². The molecule has 1 aromatic rings. The van der Waals surface area contributed by atoms with Gasteiger partial charge in [-0.2, -0.15) is 0 Å². The maximum absolute atomic E-state index is 11.3. The summed E-state index contributed by atoms with van der Waals surface area (Å²) < 4.78 is 5.19. The molecule has 0 aromatic heterocycles. The van der Waals surface area contributed by atoms with Crippen molar-refractivity contribution in [3.63, 3.8) is 0 Å². The first-order valence-corrected chi connectivity index (χ1v) is 6.08. The minimum Gasteiger partial charge on any atom is -0.369 e. The molecule has 0 aliphatic rings. The summed E-state index contributed by atoms with van der Waals surface area (Å²) in [4.78, 5) is 11.3. The molecule has 17 heavy (non-hydrogen) atoms. The quantitative estimate of drug-likeness (QED) is 0.848. The van der Waals surface area contributed by atoms with Gasteiger partial charge in [0.15, 0.2) is 0 Å². The van der Waals surface area contributed by atoms with E-state index in [-0.39, 0.29) is 18.6 Å². The van der Waals surface area contributed by atoms with Gasteiger partial charge < -0.3 is 10.1 Å². The number of benzene rings is 1. The first-order valence-electron chi connectivity index (χ1n) is 5.70. The minimum atomic E-state index is -0.0827. The number of hydrogen-bond acceptors (Lipinski definition) is 2. The van der Waals surface area contributed by atoms with Crippen LogP contribution < -0.4 is 5.32 Å². The predicted molar refractivity (Wildman–Crippen MR) is 69.3 cm³/mol. The van der Waals surface area contributed by atoms with Gasteiger partial charge in [0.25, 0.3) is 0 Å². The smallest absolute Gasteiger partial charge is 0.246 e. The summed E-state index contributed by atoms with van der Waals surface area (Å²) in [6.45, 7) is 4.52. The average Bonchev–Trinajstić information content (AvgIpc) is 2.26. The zero-order valence-electron chi connectivity index (χ0n) is 10.2. The lowest BCUT2D eigenvalue weighted by Crippen LogP contribution is -2.30. The molecule has 0 aliphatic carbocycles. The minimum absolute atomic E-state index is 0.0775. The fraction of sp³-hybridized carbons (Fsp3) is 0.462. The number of nitrogens with one attached hydrogen (secondary N) is 1. The van der Waals surface area contributed by atoms with Gasteiger partial charge in [-0.05, 0) is 38.0 Å². The van der Waals surface area contributed by atoms with Gasteiger partial charge in [0.05, 0.1) is 6.10 Å². The molecule has 0 aliphatic heterocycles. The third-order valence-corrected chi connectivity index (χ3v) is 2.41. The van der Waals surface area contributed by atoms with Crippen molar-refractivity contribution in [3.05, 3.63) is 34.9 Å². The SMILES string of the molecule is CC(C)OCC(=O)NCCc1cccc(Cl)c1. The second-order valence-corrected chi connectivity index (χ2v) is 4.53. The molecule has 0 saturated carbocycles. The van der Waals surface area contributed by atoms with Gasteiger partial charge in [-0.1, -0.05) is 23.7 Å². The fourth-order valence-corrected chi connectivity index (χ4v) is 1.54. The van der Waals surface area contributed by atoms with Crippen molar-refractivity contribution in [2.24, 2.45) is 0 Å². The van der Waals surface area contributed by atoms with Crippen molar-refractivity contribution in [1.29, 1.82) is 0 Å². The van der Waals surface area contributed by atoms with Crippen LogP contribution in [0.1, 0.15) is 19.4 Å². The second-order valence-electron chi connectivity index (χ2n) is 4.09. The molecule has 0 saturated heterocycles. The Kier molecular flexibility index (Phi) is 6.01. The van der Waals surface area contributed by atoms with Gasteiger partial charge in [0.1, 0.15) is 6.61 Å². The van der Waals surface area contributed by atoms with E-state index >= 15 is 0 Å². The van der Waals surface area contributed by atoms with Gasteiger partial charge >= 0.3 is 0 Å². The molecule has 0 fully saturated rings. The molecule has 0 radical (unpaired) electrons. The van der Waals surface area contributed by atoms with E-state index in [4.69, 9.17) is 16.3 Å². The summed E-state index contributed by atoms with van der Waals surface area (Å²) in [6, 6.07) is 7.63. The van der Waals surface area contributed by atoms with Crippen LogP contribution in [0.4, 0.5) is 0 Å². The highest BCUT2D eigenvalue weighted by atomic mass is 35.5. The van der Waals surface area contributed by atoms with E-state index < -0.39 is 0 Å². The standard InChI is InChI=1S/C13H18ClNO2/c1-10(2)17-9-13(16)15-7-6-11-4-3-5-12(14)8-11/h3-5,8,10H,6-7,9H2,1-2H3,(H,15,16). The summed E-state index contributed by atoms with van der Waals surface area (Å²) in [5.74, 6) is -0.0827. The molecule has 0 heterocycles. The molecule has 1 N–H and O–H groups in total. The predicted octanol–water partition coefficient (Wildman–Crippen LogP) is 2.42. The van der Waals surface area contributed by atoms with E-state index in [2.05, 4.69) is 5.32 Å². The zero-order valence-corrected chi connectivity index (χ0v) is 11.0. The third-order valence-electron chi connectivity index (χ3n) is 2.17. The maximum atomic E-state index is 11.3. The van der Waals surface area contributed by atoms with E-state index in [1.165, 1.54) is 0 Å². The summed E-state index contributed by atoms with van der Waals surface area (Å²) in [7, 11) is 0. The van der Waals surface area contributed by atoms with E-state index in [1.54, 1.807) is 0 Å². The molecular weight excluding hydrogens is 238 g/mol. The van der Waals surface area contributed by atoms with E-state index in [1.807, 2.05) is 38.1 Å². The highest BCUT2D eigenvalue weighted by Gasteiger charge is 2.02. The lowest BCUT2D eigenvalue weighted by atomic mass is 10.1. The van der Waals surface area contributed by atoms with E-state index in [0.717, 1.165) is 17.0 Å². The number of halogens is 1. The van der Waals surface area contributed by atoms with Crippen molar-refractivity contribution >= 4 is 17.5 Å². The normalized spacial score (nSPS) is 10.6. The van der Waals surface area contributed by atoms with Crippen molar-refractivity contribution in [2.75, 3.05) is 13.2 Å². The number of hydrogen-bond donors (Lipinski definition) is 1. The molecule has 0 atom stereocenters. The number of amides is 1. The van der Waals surface area contributed by atoms with Crippen LogP contribution in [-0.2, 0) is 16.0 Å². The third kappa shape index (κ3) is 6.29. The number of ether oxygens (including phenoxy) is 1. The summed E-state index contributed by atoms with van der Waals surface area (Å²) >= 11 is 5.86. The highest BCUT2D eigenvalue weighted by molar-refractivity contribution is 6.30. The second kappa shape index (κ2) is 7.30. The highest BCUT2D eigenvalue weighted by Crippen LogP contribution is 2.10. The Morgan fingerprint density at radius 1 is 1.47 bits per heavy atom. The molecule has 0 bridgehead atoms. The van der Waals surface area contributed by atoms with Crippen molar-refractivity contribution < 1.29 is 9.53 Å². The lowest BCUT2D eigenvalue weighted by Gasteiger charge is -2.08. The number of rotatable bonds is 6. The van der Waals surface area contributed by atoms with Crippen LogP contribution in [-0.4, -0.2) is 25.2 Å². The Morgan fingerprint density at radius 3 is 2.88 bits per heavy atom. The van der Waals surface area contributed by atoms with Crippen molar-refractivity contribution in [2.45, 2.75) is 26.4 Å². The monoisotopic (exact) mass is 255 g/mol. The summed E-state index contributed by atoms with van der Waals surface area (Å²) in [5, 5.41) is 3.52. The van der Waals surface area contributed by atoms with Gasteiger partial charge in [0, 0.05) is 11.6 Å². The molecule has 3 nitrogen and oxygen atoms in total. The molecule has 0 unspecified atom stereocenters. The van der Waals surface area contributed by atoms with Crippen LogP contribution in [0, 0.1) is 0 Å². The number of carbonyl (C=O) groups is 1. The van der Waals surface area contributed by atoms with Crippen LogP contribution in [0.2, 0.25) is 5.02 Å². The van der Waals surface area contributed by atoms with Gasteiger partial charge in [0.2, 0.25) is 5.91 Å². The van der Waals surface area contributed by atoms with Crippen LogP contribution >= 0.6 is 11.6 Å². The topological polar surface area (TPSA) is 38.3 Å². The fourth-order valence-electron chi connectivity index (χ4n) is 1.33. The van der Waals surface area contributed by atoms with E-state index in [0.29, 0.717) is 6.54 Å². The lowest BCUT2D eigenvalue weighted by molar-refractivity contribution is -0.127. The van der Waals surface area contributed by atoms with Crippen molar-refractivity contribution in [1.82, 2.24) is 5.32 Å². The van der Waals surface area contributed by atoms with Gasteiger partial charge in [-0.25, -0.2) is 0 Å². The van der Waals surface area contributed by atoms with E-state index in [9.17, 15) is 4.79 Å². The Bertz CT molecular complexity index is 366. The van der Waals surface area contributed by atoms with Gasteiger partial charge in [-0.15, -0.1) is 0 Å². The molecule has 0 spiro atoms. The van der Waals surface area contributed by atoms with Crippen LogP contribution in [0.15, 0.2) is 24.3 Å². The number of carbonyl (C=O) groups excluding carboxylic acids is 1. The van der Waals surface area contributed by atoms with Crippen molar-refractivity contribution in [3.8, 4) is 0 Å². The molecule has 1 rings (SSSR count). The maximum Gasteiger partial charge on any atom is 0.246 e. The zero-order chi connectivity index (χ0) is 12.7. The molecule has 94 valence electrons. The Balaban J connectivity index is 2.21. The van der Waals surface area contributed by atoms with Crippen LogP contribution in [0.3, 0.4) is 0 Å². The Labute approximate surface area is 107 Å². The molecule has 4 heteroatoms. The molecule has 1 aromatic carbocycles. The summed E-state index contributed by atoms with van der Waals surface area (Å²) in [5.41, 5.74) is 1.11. The largest absolute Gasteiger partial charge is 0.369 e. The Morgan fingerprint density at radius 2 is 2.24 bits per heavy atom. The first kappa shape index (κ1) is 14.0. The molecule has 1 amide bonds. The van der Waals surface area contributed by atoms with Gasteiger partial charge in [-0.3, -0.25) is 4.79 Å².